The third-order valence-corrected chi connectivity index (χ3v) is 2.99. The van der Waals surface area contributed by atoms with Gasteiger partial charge in [-0.3, -0.25) is 0 Å². The average molecular weight is 261 g/mol. The van der Waals surface area contributed by atoms with Crippen molar-refractivity contribution < 1.29 is 9.90 Å². The molecule has 0 unspecified atom stereocenters. The van der Waals surface area contributed by atoms with Gasteiger partial charge in [-0.2, -0.15) is 11.8 Å². The molecular weight excluding hydrogens is 248 g/mol. The lowest BCUT2D eigenvalue weighted by Gasteiger charge is -2.17. The third-order valence-electron chi connectivity index (χ3n) is 2.09. The fraction of sp³-hybridized carbons (Fsp3) is 0.400. The van der Waals surface area contributed by atoms with Gasteiger partial charge in [0.15, 0.2) is 0 Å². The van der Waals surface area contributed by atoms with Crippen LogP contribution in [0.1, 0.15) is 10.4 Å². The van der Waals surface area contributed by atoms with E-state index in [0.717, 1.165) is 12.3 Å². The molecule has 0 atom stereocenters. The Morgan fingerprint density at radius 1 is 1.69 bits per heavy atom. The van der Waals surface area contributed by atoms with Crippen LogP contribution in [-0.2, 0) is 0 Å². The summed E-state index contributed by atoms with van der Waals surface area (Å²) in [6.45, 7) is 0.814. The van der Waals surface area contributed by atoms with Gasteiger partial charge in [0, 0.05) is 25.5 Å². The van der Waals surface area contributed by atoms with E-state index in [1.54, 1.807) is 11.8 Å². The molecule has 0 saturated heterocycles. The molecule has 0 spiro atoms. The molecule has 1 heterocycles. The summed E-state index contributed by atoms with van der Waals surface area (Å²) in [5.74, 6) is 0.547. The van der Waals surface area contributed by atoms with Crippen LogP contribution in [-0.4, -0.2) is 41.7 Å². The second-order valence-corrected chi connectivity index (χ2v) is 4.63. The Bertz CT molecular complexity index is 387. The van der Waals surface area contributed by atoms with Gasteiger partial charge in [0.25, 0.3) is 0 Å². The van der Waals surface area contributed by atoms with Crippen LogP contribution in [0, 0.1) is 0 Å². The van der Waals surface area contributed by atoms with E-state index in [-0.39, 0.29) is 10.6 Å². The average Bonchev–Trinajstić information content (AvgIpc) is 2.26. The van der Waals surface area contributed by atoms with Crippen molar-refractivity contribution in [2.24, 2.45) is 0 Å². The van der Waals surface area contributed by atoms with Crippen molar-refractivity contribution in [2.45, 2.75) is 0 Å². The first-order valence-corrected chi connectivity index (χ1v) is 6.42. The molecule has 0 aliphatic rings. The smallest absolute Gasteiger partial charge is 0.337 e. The molecule has 1 N–H and O–H groups in total. The van der Waals surface area contributed by atoms with E-state index in [9.17, 15) is 4.79 Å². The molecule has 0 aromatic carbocycles. The second-order valence-electron chi connectivity index (χ2n) is 3.24. The first kappa shape index (κ1) is 13.1. The van der Waals surface area contributed by atoms with E-state index in [1.165, 1.54) is 12.3 Å². The highest BCUT2D eigenvalue weighted by atomic mass is 35.5. The number of halogens is 1. The predicted molar refractivity (Wildman–Crippen MR) is 67.9 cm³/mol. The van der Waals surface area contributed by atoms with Gasteiger partial charge in [0.2, 0.25) is 0 Å². The number of aromatic carboxylic acids is 1. The van der Waals surface area contributed by atoms with Crippen LogP contribution in [0.4, 0.5) is 5.82 Å². The summed E-state index contributed by atoms with van der Waals surface area (Å²) in [4.78, 5) is 16.9. The standard InChI is InChI=1S/C10H13ClN2O2S/c1-13(3-4-16-2)9-5-7(10(14)15)8(11)6-12-9/h5-6H,3-4H2,1-2H3,(H,14,15). The van der Waals surface area contributed by atoms with Gasteiger partial charge < -0.3 is 10.0 Å². The number of rotatable bonds is 5. The minimum atomic E-state index is -1.04. The molecule has 0 fully saturated rings. The zero-order valence-electron chi connectivity index (χ0n) is 9.11. The molecule has 1 aromatic heterocycles. The lowest BCUT2D eigenvalue weighted by Crippen LogP contribution is -2.21. The first-order valence-electron chi connectivity index (χ1n) is 4.65. The zero-order valence-corrected chi connectivity index (χ0v) is 10.7. The second kappa shape index (κ2) is 5.96. The molecule has 88 valence electrons. The van der Waals surface area contributed by atoms with Gasteiger partial charge in [-0.25, -0.2) is 9.78 Å². The third kappa shape index (κ3) is 3.28. The Labute approximate surface area is 104 Å². The molecule has 0 aliphatic carbocycles. The molecule has 0 bridgehead atoms. The van der Waals surface area contributed by atoms with Gasteiger partial charge >= 0.3 is 5.97 Å². The molecule has 6 heteroatoms. The Balaban J connectivity index is 2.89. The molecule has 16 heavy (non-hydrogen) atoms. The topological polar surface area (TPSA) is 53.4 Å². The molecule has 0 aliphatic heterocycles. The SMILES string of the molecule is CSCCN(C)c1cc(C(=O)O)c(Cl)cn1. The van der Waals surface area contributed by atoms with Gasteiger partial charge in [-0.05, 0) is 12.3 Å². The lowest BCUT2D eigenvalue weighted by atomic mass is 10.2. The monoisotopic (exact) mass is 260 g/mol. The Hall–Kier alpha value is -0.940. The van der Waals surface area contributed by atoms with Crippen LogP contribution in [0.5, 0.6) is 0 Å². The van der Waals surface area contributed by atoms with E-state index >= 15 is 0 Å². The highest BCUT2D eigenvalue weighted by Crippen LogP contribution is 2.19. The van der Waals surface area contributed by atoms with E-state index in [4.69, 9.17) is 16.7 Å². The minimum Gasteiger partial charge on any atom is -0.478 e. The van der Waals surface area contributed by atoms with Crippen molar-refractivity contribution >= 4 is 35.1 Å². The number of thioether (sulfide) groups is 1. The maximum absolute atomic E-state index is 10.9. The minimum absolute atomic E-state index is 0.0858. The van der Waals surface area contributed by atoms with Crippen molar-refractivity contribution in [2.75, 3.05) is 30.5 Å². The van der Waals surface area contributed by atoms with Crippen LogP contribution >= 0.6 is 23.4 Å². The maximum atomic E-state index is 10.9. The molecule has 0 saturated carbocycles. The number of anilines is 1. The first-order chi connectivity index (χ1) is 7.56. The van der Waals surface area contributed by atoms with E-state index in [1.807, 2.05) is 18.2 Å². The number of pyridine rings is 1. The highest BCUT2D eigenvalue weighted by molar-refractivity contribution is 7.98. The molecular formula is C10H13ClN2O2S. The largest absolute Gasteiger partial charge is 0.478 e. The molecule has 1 rings (SSSR count). The molecule has 4 nitrogen and oxygen atoms in total. The number of hydrogen-bond acceptors (Lipinski definition) is 4. The Morgan fingerprint density at radius 2 is 2.38 bits per heavy atom. The lowest BCUT2D eigenvalue weighted by molar-refractivity contribution is 0.0697. The number of carboxylic acids is 1. The summed E-state index contributed by atoms with van der Waals surface area (Å²) in [6.07, 6.45) is 3.39. The van der Waals surface area contributed by atoms with Crippen LogP contribution < -0.4 is 4.90 Å². The van der Waals surface area contributed by atoms with E-state index in [2.05, 4.69) is 4.98 Å². The van der Waals surface area contributed by atoms with E-state index < -0.39 is 5.97 Å². The Morgan fingerprint density at radius 3 is 2.94 bits per heavy atom. The Kier molecular flexibility index (Phi) is 4.89. The number of nitrogens with zero attached hydrogens (tertiary/aromatic N) is 2. The fourth-order valence-electron chi connectivity index (χ4n) is 1.14. The van der Waals surface area contributed by atoms with Crippen LogP contribution in [0.25, 0.3) is 0 Å². The normalized spacial score (nSPS) is 10.2. The van der Waals surface area contributed by atoms with Crippen molar-refractivity contribution in [3.8, 4) is 0 Å². The van der Waals surface area contributed by atoms with Crippen molar-refractivity contribution in [3.63, 3.8) is 0 Å². The fourth-order valence-corrected chi connectivity index (χ4v) is 1.78. The summed E-state index contributed by atoms with van der Waals surface area (Å²) in [5.41, 5.74) is 0.0858. The summed E-state index contributed by atoms with van der Waals surface area (Å²) >= 11 is 7.46. The van der Waals surface area contributed by atoms with Gasteiger partial charge in [0.1, 0.15) is 5.82 Å². The number of carboxylic acid groups (broad SMARTS) is 1. The molecule has 1 aromatic rings. The van der Waals surface area contributed by atoms with Crippen molar-refractivity contribution in [1.29, 1.82) is 0 Å². The summed E-state index contributed by atoms with van der Waals surface area (Å²) in [7, 11) is 1.87. The zero-order chi connectivity index (χ0) is 12.1. The molecule has 0 radical (unpaired) electrons. The van der Waals surface area contributed by atoms with Gasteiger partial charge in [-0.1, -0.05) is 11.6 Å². The van der Waals surface area contributed by atoms with Crippen molar-refractivity contribution in [3.05, 3.63) is 22.8 Å². The van der Waals surface area contributed by atoms with Crippen LogP contribution in [0.3, 0.4) is 0 Å². The van der Waals surface area contributed by atoms with Gasteiger partial charge in [0.05, 0.1) is 10.6 Å². The number of aromatic nitrogens is 1. The highest BCUT2D eigenvalue weighted by Gasteiger charge is 2.12. The van der Waals surface area contributed by atoms with Crippen LogP contribution in [0.15, 0.2) is 12.3 Å². The predicted octanol–water partition coefficient (Wildman–Crippen LogP) is 2.23. The van der Waals surface area contributed by atoms with Crippen LogP contribution in [0.2, 0.25) is 5.02 Å². The molecule has 0 amide bonds. The maximum Gasteiger partial charge on any atom is 0.337 e. The summed E-state index contributed by atoms with van der Waals surface area (Å²) in [6, 6.07) is 1.49. The van der Waals surface area contributed by atoms with Gasteiger partial charge in [-0.15, -0.1) is 0 Å². The number of hydrogen-bond donors (Lipinski definition) is 1. The van der Waals surface area contributed by atoms with Crippen molar-refractivity contribution in [1.82, 2.24) is 4.98 Å². The summed E-state index contributed by atoms with van der Waals surface area (Å²) < 4.78 is 0. The quantitative estimate of drug-likeness (QED) is 0.880. The number of carbonyl (C=O) groups is 1. The van der Waals surface area contributed by atoms with E-state index in [0.29, 0.717) is 5.82 Å². The summed E-state index contributed by atoms with van der Waals surface area (Å²) in [5, 5.41) is 9.07.